The van der Waals surface area contributed by atoms with Gasteiger partial charge in [0.1, 0.15) is 17.2 Å². The summed E-state index contributed by atoms with van der Waals surface area (Å²) in [5, 5.41) is 31.7. The number of benzene rings is 3. The van der Waals surface area contributed by atoms with Gasteiger partial charge < -0.3 is 15.3 Å². The Balaban J connectivity index is 0.000000448. The van der Waals surface area contributed by atoms with Gasteiger partial charge in [-0.2, -0.15) is 0 Å². The first-order chi connectivity index (χ1) is 19.1. The molecule has 3 nitrogen and oxygen atoms in total. The normalized spacial score (nSPS) is 13.0. The molecule has 0 atom stereocenters. The van der Waals surface area contributed by atoms with Crippen LogP contribution in [0.3, 0.4) is 0 Å². The van der Waals surface area contributed by atoms with E-state index in [1.165, 1.54) is 16.7 Å². The molecule has 0 aliphatic rings. The van der Waals surface area contributed by atoms with E-state index in [1.54, 1.807) is 6.07 Å². The lowest BCUT2D eigenvalue weighted by Crippen LogP contribution is -2.19. The molecule has 0 aliphatic heterocycles. The number of phenolic OH excluding ortho intramolecular Hbond substituents is 3. The van der Waals surface area contributed by atoms with Gasteiger partial charge in [-0.15, -0.1) is 0 Å². The van der Waals surface area contributed by atoms with E-state index in [1.807, 2.05) is 19.1 Å². The predicted molar refractivity (Wildman–Crippen MR) is 185 cm³/mol. The average molecular weight is 589 g/mol. The number of aromatic hydroxyl groups is 3. The van der Waals surface area contributed by atoms with Crippen molar-refractivity contribution in [1.82, 2.24) is 0 Å². The van der Waals surface area contributed by atoms with Gasteiger partial charge >= 0.3 is 0 Å². The van der Waals surface area contributed by atoms with Crippen molar-refractivity contribution < 1.29 is 15.3 Å². The van der Waals surface area contributed by atoms with Crippen LogP contribution >= 0.6 is 0 Å². The number of hydrogen-bond donors (Lipinski definition) is 3. The Morgan fingerprint density at radius 2 is 0.698 bits per heavy atom. The second kappa shape index (κ2) is 12.2. The summed E-state index contributed by atoms with van der Waals surface area (Å²) < 4.78 is 0. The molecule has 3 rings (SSSR count). The Bertz CT molecular complexity index is 1270. The highest BCUT2D eigenvalue weighted by Crippen LogP contribution is 2.42. The van der Waals surface area contributed by atoms with Crippen molar-refractivity contribution in [2.75, 3.05) is 0 Å². The van der Waals surface area contributed by atoms with Crippen molar-refractivity contribution in [3.05, 3.63) is 87.0 Å². The molecule has 238 valence electrons. The molecule has 0 saturated heterocycles. The lowest BCUT2D eigenvalue weighted by atomic mass is 9.76. The van der Waals surface area contributed by atoms with Gasteiger partial charge in [-0.1, -0.05) is 146 Å². The van der Waals surface area contributed by atoms with Crippen LogP contribution in [0.15, 0.2) is 42.5 Å². The van der Waals surface area contributed by atoms with Crippen LogP contribution in [0.5, 0.6) is 17.2 Å². The minimum Gasteiger partial charge on any atom is -0.508 e. The average Bonchev–Trinajstić information content (AvgIpc) is 2.79. The van der Waals surface area contributed by atoms with E-state index >= 15 is 0 Å². The first kappa shape index (κ1) is 36.3. The topological polar surface area (TPSA) is 60.7 Å². The van der Waals surface area contributed by atoms with Crippen LogP contribution in [0.4, 0.5) is 0 Å². The highest BCUT2D eigenvalue weighted by atomic mass is 16.3. The third kappa shape index (κ3) is 9.27. The van der Waals surface area contributed by atoms with Crippen molar-refractivity contribution >= 4 is 0 Å². The maximum absolute atomic E-state index is 11.1. The van der Waals surface area contributed by atoms with Gasteiger partial charge in [0.15, 0.2) is 0 Å². The van der Waals surface area contributed by atoms with Gasteiger partial charge in [-0.25, -0.2) is 0 Å². The summed E-state index contributed by atoms with van der Waals surface area (Å²) in [6.07, 6.45) is 0.763. The number of phenols is 3. The quantitative estimate of drug-likeness (QED) is 0.279. The second-order valence-electron chi connectivity index (χ2n) is 17.5. The van der Waals surface area contributed by atoms with Crippen LogP contribution in [-0.2, 0) is 33.5 Å². The number of rotatable bonds is 2. The van der Waals surface area contributed by atoms with Crippen molar-refractivity contribution in [3.8, 4) is 17.2 Å². The summed E-state index contributed by atoms with van der Waals surface area (Å²) in [5.41, 5.74) is 7.96. The third-order valence-corrected chi connectivity index (χ3v) is 7.94. The molecule has 0 bridgehead atoms. The van der Waals surface area contributed by atoms with Crippen molar-refractivity contribution in [1.29, 1.82) is 0 Å². The van der Waals surface area contributed by atoms with Crippen LogP contribution < -0.4 is 0 Å². The van der Waals surface area contributed by atoms with Crippen molar-refractivity contribution in [2.24, 2.45) is 0 Å². The zero-order chi connectivity index (χ0) is 33.5. The Hall–Kier alpha value is -2.94. The molecular formula is C40H60O3. The number of aryl methyl sites for hydroxylation is 1. The summed E-state index contributed by atoms with van der Waals surface area (Å²) in [6.45, 7) is 34.1. The molecule has 0 aliphatic carbocycles. The SMILES string of the molecule is CC(C)(C)c1cc(Cc2cc(C(C)(C)C)c(O)c(C(C)(C)C)c2)cc(C(C)(C)C)c1O.Cc1ccc(O)c(C(C)(C)C)c1. The van der Waals surface area contributed by atoms with Gasteiger partial charge in [0.05, 0.1) is 0 Å². The zero-order valence-electron chi connectivity index (χ0n) is 30.1. The molecule has 3 aromatic carbocycles. The van der Waals surface area contributed by atoms with Crippen LogP contribution in [0, 0.1) is 6.92 Å². The first-order valence-electron chi connectivity index (χ1n) is 15.7. The molecule has 0 unspecified atom stereocenters. The van der Waals surface area contributed by atoms with E-state index in [0.717, 1.165) is 34.2 Å². The first-order valence-corrected chi connectivity index (χ1v) is 15.7. The molecule has 0 amide bonds. The van der Waals surface area contributed by atoms with Crippen molar-refractivity contribution in [2.45, 2.75) is 144 Å². The summed E-state index contributed by atoms with van der Waals surface area (Å²) in [6, 6.07) is 14.3. The fourth-order valence-corrected chi connectivity index (χ4v) is 5.37. The molecular weight excluding hydrogens is 528 g/mol. The lowest BCUT2D eigenvalue weighted by molar-refractivity contribution is 0.422. The van der Waals surface area contributed by atoms with Crippen LogP contribution in [0.2, 0.25) is 0 Å². The molecule has 0 saturated carbocycles. The summed E-state index contributed by atoms with van der Waals surface area (Å²) in [5.74, 6) is 1.23. The Morgan fingerprint density at radius 1 is 0.419 bits per heavy atom. The van der Waals surface area contributed by atoms with E-state index in [4.69, 9.17) is 0 Å². The van der Waals surface area contributed by atoms with E-state index in [9.17, 15) is 15.3 Å². The fraction of sp³-hybridized carbons (Fsp3) is 0.550. The van der Waals surface area contributed by atoms with E-state index in [0.29, 0.717) is 17.2 Å². The molecule has 0 heterocycles. The van der Waals surface area contributed by atoms with Crippen LogP contribution in [0.1, 0.15) is 148 Å². The third-order valence-electron chi connectivity index (χ3n) is 7.94. The molecule has 0 fully saturated rings. The standard InChI is InChI=1S/C29H44O2.C11H16O/c1-26(2,3)20-14-18(15-21(24(20)30)27(4,5)6)13-19-16-22(28(7,8)9)25(31)23(17-19)29(10,11)12;1-8-5-6-10(12)9(7-8)11(2,3)4/h14-17,30-31H,13H2,1-12H3;5-7,12H,1-4H3. The molecule has 43 heavy (non-hydrogen) atoms. The van der Waals surface area contributed by atoms with Crippen LogP contribution in [0.25, 0.3) is 0 Å². The second-order valence-corrected chi connectivity index (χ2v) is 17.5. The van der Waals surface area contributed by atoms with E-state index < -0.39 is 0 Å². The lowest BCUT2D eigenvalue weighted by Gasteiger charge is -2.29. The van der Waals surface area contributed by atoms with Crippen molar-refractivity contribution in [3.63, 3.8) is 0 Å². The summed E-state index contributed by atoms with van der Waals surface area (Å²) in [4.78, 5) is 0. The zero-order valence-corrected chi connectivity index (χ0v) is 30.1. The predicted octanol–water partition coefficient (Wildman–Crippen LogP) is 10.9. The van der Waals surface area contributed by atoms with Gasteiger partial charge in [0.2, 0.25) is 0 Å². The number of hydrogen-bond acceptors (Lipinski definition) is 3. The molecule has 0 aromatic heterocycles. The Kier molecular flexibility index (Phi) is 10.3. The Labute approximate surface area is 263 Å². The van der Waals surface area contributed by atoms with Gasteiger partial charge in [0, 0.05) is 0 Å². The monoisotopic (exact) mass is 588 g/mol. The highest BCUT2D eigenvalue weighted by molar-refractivity contribution is 5.53. The minimum absolute atomic E-state index is 0.0239. The summed E-state index contributed by atoms with van der Waals surface area (Å²) in [7, 11) is 0. The molecule has 3 N–H and O–H groups in total. The smallest absolute Gasteiger partial charge is 0.123 e. The Morgan fingerprint density at radius 3 is 0.930 bits per heavy atom. The maximum Gasteiger partial charge on any atom is 0.123 e. The van der Waals surface area contributed by atoms with E-state index in [2.05, 4.69) is 128 Å². The molecule has 3 aromatic rings. The maximum atomic E-state index is 11.1. The summed E-state index contributed by atoms with van der Waals surface area (Å²) >= 11 is 0. The minimum atomic E-state index is -0.151. The van der Waals surface area contributed by atoms with Gasteiger partial charge in [-0.05, 0) is 85.4 Å². The molecule has 0 radical (unpaired) electrons. The largest absolute Gasteiger partial charge is 0.508 e. The molecule has 3 heteroatoms. The van der Waals surface area contributed by atoms with Crippen LogP contribution in [-0.4, -0.2) is 15.3 Å². The van der Waals surface area contributed by atoms with E-state index in [-0.39, 0.29) is 27.1 Å². The molecule has 0 spiro atoms. The van der Waals surface area contributed by atoms with Gasteiger partial charge in [0.25, 0.3) is 0 Å². The highest BCUT2D eigenvalue weighted by Gasteiger charge is 2.29. The van der Waals surface area contributed by atoms with Gasteiger partial charge in [-0.3, -0.25) is 0 Å². The fourth-order valence-electron chi connectivity index (χ4n) is 5.37.